The minimum atomic E-state index is 1.01. The molecule has 0 radical (unpaired) electrons. The van der Waals surface area contributed by atoms with Crippen molar-refractivity contribution < 1.29 is 0 Å². The lowest BCUT2D eigenvalue weighted by atomic mass is 10.1. The molecule has 0 unspecified atom stereocenters. The maximum atomic E-state index is 3.56. The lowest BCUT2D eigenvalue weighted by Gasteiger charge is -2.13. The van der Waals surface area contributed by atoms with Crippen LogP contribution in [0.25, 0.3) is 0 Å². The second-order valence-corrected chi connectivity index (χ2v) is 5.85. The number of aryl methyl sites for hydroxylation is 3. The molecule has 0 amide bonds. The summed E-state index contributed by atoms with van der Waals surface area (Å²) in [6, 6.07) is 15.0. The first kappa shape index (κ1) is 14.1. The van der Waals surface area contributed by atoms with Gasteiger partial charge in [-0.05, 0) is 55.5 Å². The van der Waals surface area contributed by atoms with E-state index in [1.54, 1.807) is 0 Å². The average molecular weight is 318 g/mol. The first-order chi connectivity index (χ1) is 9.16. The molecule has 0 atom stereocenters. The van der Waals surface area contributed by atoms with Gasteiger partial charge < -0.3 is 5.32 Å². The molecule has 0 aliphatic rings. The molecular weight excluding hydrogens is 298 g/mol. The molecular formula is C17H20BrN. The SMILES string of the molecule is Cc1cc(Br)cc(C)c1NCCCc1ccccc1. The fraction of sp³-hybridized carbons (Fsp3) is 0.294. The van der Waals surface area contributed by atoms with Crippen LogP contribution in [-0.4, -0.2) is 6.54 Å². The molecule has 2 rings (SSSR count). The summed E-state index contributed by atoms with van der Waals surface area (Å²) in [6.45, 7) is 5.31. The fourth-order valence-electron chi connectivity index (χ4n) is 2.34. The van der Waals surface area contributed by atoms with Gasteiger partial charge in [0.05, 0.1) is 0 Å². The molecule has 2 aromatic rings. The maximum Gasteiger partial charge on any atom is 0.0400 e. The molecule has 0 saturated carbocycles. The van der Waals surface area contributed by atoms with Gasteiger partial charge >= 0.3 is 0 Å². The van der Waals surface area contributed by atoms with E-state index in [-0.39, 0.29) is 0 Å². The first-order valence-corrected chi connectivity index (χ1v) is 7.50. The number of hydrogen-bond donors (Lipinski definition) is 1. The molecule has 100 valence electrons. The lowest BCUT2D eigenvalue weighted by molar-refractivity contribution is 0.861. The predicted octanol–water partition coefficient (Wildman–Crippen LogP) is 5.11. The number of hydrogen-bond acceptors (Lipinski definition) is 1. The number of benzene rings is 2. The minimum Gasteiger partial charge on any atom is -0.385 e. The molecule has 0 fully saturated rings. The quantitative estimate of drug-likeness (QED) is 0.755. The lowest BCUT2D eigenvalue weighted by Crippen LogP contribution is -2.06. The fourth-order valence-corrected chi connectivity index (χ4v) is 3.03. The molecule has 2 aromatic carbocycles. The predicted molar refractivity (Wildman–Crippen MR) is 86.9 cm³/mol. The Morgan fingerprint density at radius 3 is 2.26 bits per heavy atom. The van der Waals surface area contributed by atoms with Gasteiger partial charge in [-0.2, -0.15) is 0 Å². The van der Waals surface area contributed by atoms with Crippen LogP contribution >= 0.6 is 15.9 Å². The third-order valence-electron chi connectivity index (χ3n) is 3.28. The molecule has 0 aliphatic heterocycles. The van der Waals surface area contributed by atoms with E-state index in [0.29, 0.717) is 0 Å². The van der Waals surface area contributed by atoms with Crippen molar-refractivity contribution in [2.75, 3.05) is 11.9 Å². The molecule has 0 aliphatic carbocycles. The highest BCUT2D eigenvalue weighted by Crippen LogP contribution is 2.25. The average Bonchev–Trinajstić information content (AvgIpc) is 2.38. The summed E-state index contributed by atoms with van der Waals surface area (Å²) < 4.78 is 1.15. The number of halogens is 1. The van der Waals surface area contributed by atoms with Crippen LogP contribution in [0.15, 0.2) is 46.9 Å². The van der Waals surface area contributed by atoms with Crippen LogP contribution < -0.4 is 5.32 Å². The van der Waals surface area contributed by atoms with E-state index in [9.17, 15) is 0 Å². The van der Waals surface area contributed by atoms with Gasteiger partial charge in [0.2, 0.25) is 0 Å². The molecule has 2 heteroatoms. The highest BCUT2D eigenvalue weighted by molar-refractivity contribution is 9.10. The molecule has 0 spiro atoms. The van der Waals surface area contributed by atoms with E-state index >= 15 is 0 Å². The van der Waals surface area contributed by atoms with Gasteiger partial charge in [0, 0.05) is 16.7 Å². The molecule has 0 heterocycles. The third-order valence-corrected chi connectivity index (χ3v) is 3.74. The summed E-state index contributed by atoms with van der Waals surface area (Å²) >= 11 is 3.53. The van der Waals surface area contributed by atoms with Crippen LogP contribution in [0.1, 0.15) is 23.1 Å². The van der Waals surface area contributed by atoms with Crippen LogP contribution in [0.3, 0.4) is 0 Å². The zero-order valence-electron chi connectivity index (χ0n) is 11.5. The van der Waals surface area contributed by atoms with Gasteiger partial charge in [-0.25, -0.2) is 0 Å². The molecule has 0 bridgehead atoms. The molecule has 1 nitrogen and oxygen atoms in total. The van der Waals surface area contributed by atoms with Crippen molar-refractivity contribution in [3.8, 4) is 0 Å². The Labute approximate surface area is 124 Å². The van der Waals surface area contributed by atoms with E-state index in [2.05, 4.69) is 77.6 Å². The van der Waals surface area contributed by atoms with Crippen molar-refractivity contribution >= 4 is 21.6 Å². The normalized spacial score (nSPS) is 10.5. The second-order valence-electron chi connectivity index (χ2n) is 4.93. The van der Waals surface area contributed by atoms with Crippen molar-refractivity contribution in [1.82, 2.24) is 0 Å². The molecule has 1 N–H and O–H groups in total. The minimum absolute atomic E-state index is 1.01. The zero-order valence-corrected chi connectivity index (χ0v) is 13.1. The van der Waals surface area contributed by atoms with Crippen molar-refractivity contribution in [2.24, 2.45) is 0 Å². The van der Waals surface area contributed by atoms with E-state index in [1.165, 1.54) is 22.4 Å². The van der Waals surface area contributed by atoms with E-state index in [1.807, 2.05) is 0 Å². The van der Waals surface area contributed by atoms with Crippen LogP contribution in [0, 0.1) is 13.8 Å². The number of rotatable bonds is 5. The van der Waals surface area contributed by atoms with Crippen molar-refractivity contribution in [2.45, 2.75) is 26.7 Å². The van der Waals surface area contributed by atoms with Gasteiger partial charge in [0.1, 0.15) is 0 Å². The van der Waals surface area contributed by atoms with Gasteiger partial charge in [-0.15, -0.1) is 0 Å². The van der Waals surface area contributed by atoms with Gasteiger partial charge in [0.15, 0.2) is 0 Å². The summed E-state index contributed by atoms with van der Waals surface area (Å²) in [5.74, 6) is 0. The number of anilines is 1. The summed E-state index contributed by atoms with van der Waals surface area (Å²) in [6.07, 6.45) is 2.28. The smallest absolute Gasteiger partial charge is 0.0400 e. The Bertz CT molecular complexity index is 511. The van der Waals surface area contributed by atoms with Crippen molar-refractivity contribution in [1.29, 1.82) is 0 Å². The Kier molecular flexibility index (Phi) is 5.03. The third kappa shape index (κ3) is 4.10. The van der Waals surface area contributed by atoms with Crippen LogP contribution in [0.4, 0.5) is 5.69 Å². The highest BCUT2D eigenvalue weighted by atomic mass is 79.9. The molecule has 0 aromatic heterocycles. The Balaban J connectivity index is 1.86. The van der Waals surface area contributed by atoms with Crippen molar-refractivity contribution in [3.63, 3.8) is 0 Å². The summed E-state index contributed by atoms with van der Waals surface area (Å²) in [4.78, 5) is 0. The maximum absolute atomic E-state index is 3.56. The van der Waals surface area contributed by atoms with Gasteiger partial charge in [-0.1, -0.05) is 46.3 Å². The highest BCUT2D eigenvalue weighted by Gasteiger charge is 2.03. The van der Waals surface area contributed by atoms with Crippen LogP contribution in [0.2, 0.25) is 0 Å². The Hall–Kier alpha value is -1.28. The van der Waals surface area contributed by atoms with Crippen LogP contribution in [-0.2, 0) is 6.42 Å². The standard InChI is InChI=1S/C17H20BrN/c1-13-11-16(18)12-14(2)17(13)19-10-6-9-15-7-4-3-5-8-15/h3-5,7-8,11-12,19H,6,9-10H2,1-2H3. The van der Waals surface area contributed by atoms with Gasteiger partial charge in [0.25, 0.3) is 0 Å². The Morgan fingerprint density at radius 2 is 1.63 bits per heavy atom. The molecule has 19 heavy (non-hydrogen) atoms. The second kappa shape index (κ2) is 6.76. The number of nitrogens with one attached hydrogen (secondary N) is 1. The molecule has 0 saturated heterocycles. The summed E-state index contributed by atoms with van der Waals surface area (Å²) in [5, 5.41) is 3.56. The van der Waals surface area contributed by atoms with E-state index in [0.717, 1.165) is 23.9 Å². The largest absolute Gasteiger partial charge is 0.385 e. The van der Waals surface area contributed by atoms with E-state index in [4.69, 9.17) is 0 Å². The van der Waals surface area contributed by atoms with Gasteiger partial charge in [-0.3, -0.25) is 0 Å². The topological polar surface area (TPSA) is 12.0 Å². The summed E-state index contributed by atoms with van der Waals surface area (Å²) in [5.41, 5.74) is 5.28. The van der Waals surface area contributed by atoms with Crippen LogP contribution in [0.5, 0.6) is 0 Å². The Morgan fingerprint density at radius 1 is 1.00 bits per heavy atom. The van der Waals surface area contributed by atoms with E-state index < -0.39 is 0 Å². The zero-order chi connectivity index (χ0) is 13.7. The van der Waals surface area contributed by atoms with Crippen molar-refractivity contribution in [3.05, 3.63) is 63.6 Å². The monoisotopic (exact) mass is 317 g/mol. The first-order valence-electron chi connectivity index (χ1n) is 6.71. The summed E-state index contributed by atoms with van der Waals surface area (Å²) in [7, 11) is 0.